The number of ether oxygens (including phenoxy) is 1. The molecule has 0 bridgehead atoms. The summed E-state index contributed by atoms with van der Waals surface area (Å²) in [4.78, 5) is 8.02. The van der Waals surface area contributed by atoms with Crippen molar-refractivity contribution in [3.63, 3.8) is 0 Å². The van der Waals surface area contributed by atoms with Crippen molar-refractivity contribution in [1.29, 1.82) is 0 Å². The van der Waals surface area contributed by atoms with E-state index in [1.807, 2.05) is 34.6 Å². The normalized spacial score (nSPS) is 7.12. The van der Waals surface area contributed by atoms with Crippen LogP contribution in [0.2, 0.25) is 0 Å². The highest BCUT2D eigenvalue weighted by Crippen LogP contribution is 2.01. The second-order valence-corrected chi connectivity index (χ2v) is 2.21. The Bertz CT molecular complexity index is 296. The molecule has 0 aliphatic carbocycles. The Hall–Kier alpha value is -1.56. The molecule has 3 nitrogen and oxygen atoms in total. The summed E-state index contributed by atoms with van der Waals surface area (Å²) in [5, 5.41) is 0. The molecule has 0 fully saturated rings. The van der Waals surface area contributed by atoms with E-state index in [2.05, 4.69) is 21.8 Å². The Morgan fingerprint density at radius 3 is 2.19 bits per heavy atom. The summed E-state index contributed by atoms with van der Waals surface area (Å²) < 4.78 is 5.15. The van der Waals surface area contributed by atoms with Gasteiger partial charge in [-0.05, 0) is 13.8 Å². The first-order valence-corrected chi connectivity index (χ1v) is 5.64. The van der Waals surface area contributed by atoms with Crippen LogP contribution in [0.4, 0.5) is 0 Å². The molecule has 1 rings (SSSR count). The Kier molecular flexibility index (Phi) is 14.2. The van der Waals surface area contributed by atoms with Gasteiger partial charge in [0, 0.05) is 0 Å². The summed E-state index contributed by atoms with van der Waals surface area (Å²) in [5.41, 5.74) is 0.879. The van der Waals surface area contributed by atoms with Gasteiger partial charge < -0.3 is 4.74 Å². The van der Waals surface area contributed by atoms with Gasteiger partial charge >= 0.3 is 0 Å². The van der Waals surface area contributed by atoms with Gasteiger partial charge in [-0.25, -0.2) is 4.98 Å². The van der Waals surface area contributed by atoms with E-state index in [-0.39, 0.29) is 0 Å². The van der Waals surface area contributed by atoms with Crippen LogP contribution in [-0.2, 0) is 0 Å². The predicted molar refractivity (Wildman–Crippen MR) is 68.4 cm³/mol. The fourth-order valence-corrected chi connectivity index (χ4v) is 0.637. The van der Waals surface area contributed by atoms with Crippen LogP contribution in [0, 0.1) is 18.8 Å². The average molecular weight is 222 g/mol. The van der Waals surface area contributed by atoms with E-state index >= 15 is 0 Å². The van der Waals surface area contributed by atoms with E-state index in [0.717, 1.165) is 5.69 Å². The molecular weight excluding hydrogens is 200 g/mol. The van der Waals surface area contributed by atoms with Gasteiger partial charge in [-0.2, -0.15) is 0 Å². The molecule has 1 aromatic heterocycles. The van der Waals surface area contributed by atoms with Gasteiger partial charge in [-0.1, -0.05) is 33.6 Å². The molecule has 0 saturated heterocycles. The summed E-state index contributed by atoms with van der Waals surface area (Å²) >= 11 is 0. The fourth-order valence-electron chi connectivity index (χ4n) is 0.637. The monoisotopic (exact) mass is 222 g/mol. The highest BCUT2D eigenvalue weighted by atomic mass is 16.5. The Morgan fingerprint density at radius 2 is 1.75 bits per heavy atom. The van der Waals surface area contributed by atoms with Crippen molar-refractivity contribution in [2.75, 3.05) is 6.61 Å². The third-order valence-corrected chi connectivity index (χ3v) is 1.23. The number of nitrogens with zero attached hydrogens (tertiary/aromatic N) is 2. The largest absolute Gasteiger partial charge is 0.463 e. The molecule has 0 unspecified atom stereocenters. The quantitative estimate of drug-likeness (QED) is 0.720. The molecule has 0 amide bonds. The third-order valence-electron chi connectivity index (χ3n) is 1.23. The van der Waals surface area contributed by atoms with Crippen LogP contribution >= 0.6 is 0 Å². The Morgan fingerprint density at radius 1 is 1.12 bits per heavy atom. The van der Waals surface area contributed by atoms with Gasteiger partial charge in [0.2, 0.25) is 5.88 Å². The van der Waals surface area contributed by atoms with Gasteiger partial charge in [0.1, 0.15) is 0 Å². The molecule has 0 atom stereocenters. The molecule has 90 valence electrons. The van der Waals surface area contributed by atoms with Crippen LogP contribution in [0.1, 0.15) is 40.3 Å². The molecule has 16 heavy (non-hydrogen) atoms. The van der Waals surface area contributed by atoms with Crippen LogP contribution in [0.25, 0.3) is 0 Å². The summed E-state index contributed by atoms with van der Waals surface area (Å²) in [6.45, 7) is 12.0. The van der Waals surface area contributed by atoms with Crippen LogP contribution in [0.5, 0.6) is 5.88 Å². The number of aromatic nitrogens is 2. The minimum Gasteiger partial charge on any atom is -0.463 e. The zero-order valence-electron chi connectivity index (χ0n) is 11.2. The lowest BCUT2D eigenvalue weighted by atomic mass is 10.5. The minimum absolute atomic E-state index is 0.369. The van der Waals surface area contributed by atoms with E-state index in [1.54, 1.807) is 19.3 Å². The molecular formula is C13H22N2O. The van der Waals surface area contributed by atoms with Crippen LogP contribution in [-0.4, -0.2) is 16.6 Å². The maximum absolute atomic E-state index is 5.15. The van der Waals surface area contributed by atoms with E-state index in [0.29, 0.717) is 12.5 Å². The van der Waals surface area contributed by atoms with E-state index < -0.39 is 0 Å². The fraction of sp³-hybridized carbons (Fsp3) is 0.538. The summed E-state index contributed by atoms with van der Waals surface area (Å²) in [7, 11) is 0. The SMILES string of the molecule is CC.CC.CC#CCOc1cnc(C)cn1. The maximum atomic E-state index is 5.15. The lowest BCUT2D eigenvalue weighted by molar-refractivity contribution is 0.353. The zero-order valence-corrected chi connectivity index (χ0v) is 11.2. The molecule has 0 aliphatic rings. The second-order valence-electron chi connectivity index (χ2n) is 2.21. The molecule has 0 saturated carbocycles. The van der Waals surface area contributed by atoms with Crippen molar-refractivity contribution in [3.8, 4) is 17.7 Å². The molecule has 0 radical (unpaired) electrons. The minimum atomic E-state index is 0.369. The lowest BCUT2D eigenvalue weighted by Crippen LogP contribution is -1.97. The van der Waals surface area contributed by atoms with Crippen molar-refractivity contribution in [2.24, 2.45) is 0 Å². The molecule has 0 spiro atoms. The number of hydrogen-bond acceptors (Lipinski definition) is 3. The van der Waals surface area contributed by atoms with Crippen LogP contribution < -0.4 is 4.74 Å². The first kappa shape index (κ1) is 16.9. The smallest absolute Gasteiger partial charge is 0.233 e. The molecule has 1 heterocycles. The van der Waals surface area contributed by atoms with Gasteiger partial charge in [0.15, 0.2) is 6.61 Å². The summed E-state index contributed by atoms with van der Waals surface area (Å²) in [6, 6.07) is 0. The first-order chi connectivity index (χ1) is 7.83. The van der Waals surface area contributed by atoms with Crippen LogP contribution in [0.15, 0.2) is 12.4 Å². The van der Waals surface area contributed by atoms with Gasteiger partial charge in [0.05, 0.1) is 18.1 Å². The summed E-state index contributed by atoms with van der Waals surface area (Å²) in [5.74, 6) is 6.01. The molecule has 1 aromatic rings. The lowest BCUT2D eigenvalue weighted by Gasteiger charge is -1.98. The molecule has 3 heteroatoms. The zero-order chi connectivity index (χ0) is 12.8. The number of hydrogen-bond donors (Lipinski definition) is 0. The number of rotatable bonds is 2. The van der Waals surface area contributed by atoms with E-state index in [1.165, 1.54) is 0 Å². The Labute approximate surface area is 99.3 Å². The van der Waals surface area contributed by atoms with Crippen molar-refractivity contribution in [3.05, 3.63) is 18.1 Å². The Balaban J connectivity index is 0. The molecule has 0 aliphatic heterocycles. The van der Waals surface area contributed by atoms with Crippen LogP contribution in [0.3, 0.4) is 0 Å². The average Bonchev–Trinajstić information content (AvgIpc) is 2.37. The topological polar surface area (TPSA) is 35.0 Å². The van der Waals surface area contributed by atoms with Gasteiger partial charge in [-0.3, -0.25) is 4.98 Å². The van der Waals surface area contributed by atoms with Crippen molar-refractivity contribution >= 4 is 0 Å². The van der Waals surface area contributed by atoms with Crippen molar-refractivity contribution in [2.45, 2.75) is 41.5 Å². The second kappa shape index (κ2) is 13.4. The first-order valence-electron chi connectivity index (χ1n) is 5.64. The standard InChI is InChI=1S/C9H10N2O.2C2H6/c1-3-4-5-12-9-7-10-8(2)6-11-9;2*1-2/h6-7H,5H2,1-2H3;2*1-2H3. The van der Waals surface area contributed by atoms with E-state index in [4.69, 9.17) is 4.74 Å². The summed E-state index contributed by atoms with van der Waals surface area (Å²) in [6.07, 6.45) is 3.25. The van der Waals surface area contributed by atoms with Crippen molar-refractivity contribution < 1.29 is 4.74 Å². The molecule has 0 N–H and O–H groups in total. The van der Waals surface area contributed by atoms with Crippen molar-refractivity contribution in [1.82, 2.24) is 9.97 Å². The molecule has 0 aromatic carbocycles. The highest BCUT2D eigenvalue weighted by molar-refractivity contribution is 5.07. The van der Waals surface area contributed by atoms with E-state index in [9.17, 15) is 0 Å². The third kappa shape index (κ3) is 9.01. The van der Waals surface area contributed by atoms with Gasteiger partial charge in [0.25, 0.3) is 0 Å². The number of aryl methyl sites for hydroxylation is 1. The van der Waals surface area contributed by atoms with Gasteiger partial charge in [-0.15, -0.1) is 5.92 Å². The predicted octanol–water partition coefficient (Wildman–Crippen LogP) is 3.24. The highest BCUT2D eigenvalue weighted by Gasteiger charge is 1.92. The maximum Gasteiger partial charge on any atom is 0.233 e.